The number of carboxylic acids is 1. The molecule has 2 N–H and O–H groups in total. The number of nitrogens with zero attached hydrogens (tertiary/aromatic N) is 1. The molecule has 4 nitrogen and oxygen atoms in total. The van der Waals surface area contributed by atoms with E-state index in [1.807, 2.05) is 24.3 Å². The third-order valence-electron chi connectivity index (χ3n) is 2.00. The predicted molar refractivity (Wildman–Crippen MR) is 57.3 cm³/mol. The molecule has 0 spiro atoms. The number of nitrogens with one attached hydrogen (secondary N) is 1. The zero-order valence-corrected chi connectivity index (χ0v) is 11.3. The van der Waals surface area contributed by atoms with Gasteiger partial charge in [-0.25, -0.2) is 6.54 Å². The smallest absolute Gasteiger partial charge is 0.182 e. The van der Waals surface area contributed by atoms with E-state index in [-0.39, 0.29) is 32.7 Å². The quantitative estimate of drug-likeness (QED) is 0.847. The Hall–Kier alpha value is -1.13. The molecule has 0 aliphatic carbocycles. The summed E-state index contributed by atoms with van der Waals surface area (Å²) in [6.07, 6.45) is 3.47. The standard InChI is InChI=1S/C11H9N2O2.Y/c14-11(15)7-13-10-2-1-9-6-12-4-3-8(9)5-10;/h1-7,13H,(H,14,15);/q-1;. The van der Waals surface area contributed by atoms with Crippen LogP contribution in [0.25, 0.3) is 10.8 Å². The predicted octanol–water partition coefficient (Wildman–Crippen LogP) is 1.89. The summed E-state index contributed by atoms with van der Waals surface area (Å²) in [6.45, 7) is 1.00. The van der Waals surface area contributed by atoms with Gasteiger partial charge in [-0.2, -0.15) is 0 Å². The van der Waals surface area contributed by atoms with Gasteiger partial charge in [0, 0.05) is 56.2 Å². The maximum atomic E-state index is 10.3. The van der Waals surface area contributed by atoms with Crippen LogP contribution in [0.4, 0.5) is 5.69 Å². The van der Waals surface area contributed by atoms with Crippen molar-refractivity contribution in [2.75, 3.05) is 5.32 Å². The molecule has 0 saturated heterocycles. The minimum Gasteiger partial charge on any atom is -0.510 e. The topological polar surface area (TPSA) is 62.2 Å². The van der Waals surface area contributed by atoms with Gasteiger partial charge in [-0.05, 0) is 23.6 Å². The number of hydrogen-bond donors (Lipinski definition) is 2. The van der Waals surface area contributed by atoms with Crippen LogP contribution in [0.3, 0.4) is 0 Å². The van der Waals surface area contributed by atoms with Crippen LogP contribution in [0.15, 0.2) is 36.7 Å². The summed E-state index contributed by atoms with van der Waals surface area (Å²) in [5.74, 6) is -0.996. The van der Waals surface area contributed by atoms with E-state index >= 15 is 0 Å². The number of benzene rings is 1. The van der Waals surface area contributed by atoms with Gasteiger partial charge in [0.2, 0.25) is 0 Å². The van der Waals surface area contributed by atoms with Crippen molar-refractivity contribution < 1.29 is 42.6 Å². The Morgan fingerprint density at radius 3 is 2.88 bits per heavy atom. The molecule has 2 rings (SSSR count). The molecule has 0 saturated carbocycles. The average Bonchev–Trinajstić information content (AvgIpc) is 2.26. The third kappa shape index (κ3) is 3.18. The Bertz CT molecular complexity index is 502. The Balaban J connectivity index is 0.00000128. The molecule has 79 valence electrons. The number of pyridine rings is 1. The minimum absolute atomic E-state index is 0. The van der Waals surface area contributed by atoms with Crippen molar-refractivity contribution in [3.8, 4) is 0 Å². The largest absolute Gasteiger partial charge is 0.510 e. The Morgan fingerprint density at radius 1 is 1.31 bits per heavy atom. The van der Waals surface area contributed by atoms with Crippen molar-refractivity contribution in [3.05, 3.63) is 43.2 Å². The molecule has 0 aliphatic heterocycles. The number of fused-ring (bicyclic) bond motifs is 1. The van der Waals surface area contributed by atoms with Crippen molar-refractivity contribution in [2.24, 2.45) is 0 Å². The number of aromatic nitrogens is 1. The second kappa shape index (κ2) is 5.82. The number of carbonyl (C=O) groups is 1. The molecule has 0 fully saturated rings. The molecule has 1 heterocycles. The first kappa shape index (κ1) is 12.9. The van der Waals surface area contributed by atoms with E-state index in [2.05, 4.69) is 10.3 Å². The fraction of sp³-hybridized carbons (Fsp3) is 0. The third-order valence-corrected chi connectivity index (χ3v) is 2.00. The van der Waals surface area contributed by atoms with Gasteiger partial charge in [0.05, 0.1) is 0 Å². The molecular formula is C11H9N2O2Y-. The molecule has 1 aromatic carbocycles. The normalized spacial score (nSPS) is 9.25. The van der Waals surface area contributed by atoms with E-state index in [0.29, 0.717) is 0 Å². The van der Waals surface area contributed by atoms with E-state index in [1.54, 1.807) is 12.4 Å². The maximum Gasteiger partial charge on any atom is 0.182 e. The van der Waals surface area contributed by atoms with E-state index in [4.69, 9.17) is 5.11 Å². The van der Waals surface area contributed by atoms with Crippen LogP contribution in [0.5, 0.6) is 0 Å². The van der Waals surface area contributed by atoms with E-state index < -0.39 is 5.97 Å². The zero-order valence-electron chi connectivity index (χ0n) is 8.42. The van der Waals surface area contributed by atoms with Gasteiger partial charge in [0.15, 0.2) is 5.97 Å². The molecule has 0 aliphatic rings. The number of rotatable bonds is 3. The Labute approximate surface area is 118 Å². The number of anilines is 1. The van der Waals surface area contributed by atoms with E-state index in [9.17, 15) is 4.79 Å². The van der Waals surface area contributed by atoms with Crippen molar-refractivity contribution in [1.29, 1.82) is 0 Å². The monoisotopic (exact) mass is 290 g/mol. The van der Waals surface area contributed by atoms with Crippen molar-refractivity contribution in [3.63, 3.8) is 0 Å². The molecule has 0 bridgehead atoms. The second-order valence-electron chi connectivity index (χ2n) is 3.06. The van der Waals surface area contributed by atoms with Crippen LogP contribution < -0.4 is 5.32 Å². The first-order valence-electron chi connectivity index (χ1n) is 4.42. The molecule has 2 aromatic rings. The van der Waals surface area contributed by atoms with Crippen LogP contribution in [0, 0.1) is 6.54 Å². The summed E-state index contributed by atoms with van der Waals surface area (Å²) in [5.41, 5.74) is 0.746. The fourth-order valence-corrected chi connectivity index (χ4v) is 1.32. The molecular weight excluding hydrogens is 281 g/mol. The van der Waals surface area contributed by atoms with Gasteiger partial charge in [0.25, 0.3) is 0 Å². The summed E-state index contributed by atoms with van der Waals surface area (Å²) in [4.78, 5) is 14.3. The van der Waals surface area contributed by atoms with Crippen molar-refractivity contribution in [2.45, 2.75) is 0 Å². The van der Waals surface area contributed by atoms with Crippen LogP contribution in [-0.4, -0.2) is 16.1 Å². The van der Waals surface area contributed by atoms with Crippen molar-refractivity contribution >= 4 is 22.4 Å². The van der Waals surface area contributed by atoms with Gasteiger partial charge in [-0.1, -0.05) is 6.07 Å². The van der Waals surface area contributed by atoms with Crippen molar-refractivity contribution in [1.82, 2.24) is 4.98 Å². The molecule has 5 heteroatoms. The first-order chi connectivity index (χ1) is 7.25. The van der Waals surface area contributed by atoms with E-state index in [1.165, 1.54) is 0 Å². The van der Waals surface area contributed by atoms with Gasteiger partial charge in [-0.3, -0.25) is 9.78 Å². The van der Waals surface area contributed by atoms with Gasteiger partial charge in [0.1, 0.15) is 0 Å². The Kier molecular flexibility index (Phi) is 4.71. The molecule has 0 amide bonds. The second-order valence-corrected chi connectivity index (χ2v) is 3.06. The summed E-state index contributed by atoms with van der Waals surface area (Å²) >= 11 is 0. The number of hydrogen-bond acceptors (Lipinski definition) is 3. The number of aliphatic carboxylic acids is 1. The molecule has 16 heavy (non-hydrogen) atoms. The summed E-state index contributed by atoms with van der Waals surface area (Å²) < 4.78 is 0. The minimum atomic E-state index is -0.996. The Morgan fingerprint density at radius 2 is 2.12 bits per heavy atom. The van der Waals surface area contributed by atoms with Gasteiger partial charge >= 0.3 is 0 Å². The summed E-state index contributed by atoms with van der Waals surface area (Å²) in [5, 5.41) is 13.2. The van der Waals surface area contributed by atoms with Gasteiger partial charge in [-0.15, -0.1) is 0 Å². The average molecular weight is 290 g/mol. The first-order valence-corrected chi connectivity index (χ1v) is 4.42. The van der Waals surface area contributed by atoms with Crippen LogP contribution in [0.1, 0.15) is 0 Å². The van der Waals surface area contributed by atoms with Crippen LogP contribution >= 0.6 is 0 Å². The van der Waals surface area contributed by atoms with Crippen LogP contribution in [0.2, 0.25) is 0 Å². The van der Waals surface area contributed by atoms with E-state index in [0.717, 1.165) is 23.0 Å². The SMILES string of the molecule is O=C(O)[CH-]Nc1ccc2cnccc2c1.[Y]. The summed E-state index contributed by atoms with van der Waals surface area (Å²) in [7, 11) is 0. The van der Waals surface area contributed by atoms with Crippen LogP contribution in [-0.2, 0) is 37.5 Å². The zero-order chi connectivity index (χ0) is 10.7. The van der Waals surface area contributed by atoms with Gasteiger partial charge < -0.3 is 10.4 Å². The molecule has 0 unspecified atom stereocenters. The molecule has 1 radical (unpaired) electrons. The molecule has 1 aromatic heterocycles. The molecule has 0 atom stereocenters. The maximum absolute atomic E-state index is 10.3. The fourth-order valence-electron chi connectivity index (χ4n) is 1.32. The summed E-state index contributed by atoms with van der Waals surface area (Å²) in [6, 6.07) is 7.45. The number of carboxylic acid groups (broad SMARTS) is 1.